The highest BCUT2D eigenvalue weighted by atomic mass is 31.2. The Morgan fingerprint density at radius 3 is 1.33 bits per heavy atom. The Hall–Kier alpha value is -1.49. The molecule has 0 aliphatic carbocycles. The van der Waals surface area contributed by atoms with E-state index in [9.17, 15) is 4.57 Å². The molecular formula is C12H14NO4P. The molecule has 0 saturated heterocycles. The highest BCUT2D eigenvalue weighted by Crippen LogP contribution is 2.32. The van der Waals surface area contributed by atoms with Crippen LogP contribution in [0.1, 0.15) is 0 Å². The molecule has 0 saturated carbocycles. The van der Waals surface area contributed by atoms with Gasteiger partial charge < -0.3 is 9.79 Å². The summed E-state index contributed by atoms with van der Waals surface area (Å²) in [5.74, 6) is 4.04. The first-order valence-corrected chi connectivity index (χ1v) is 6.60. The molecule has 0 bridgehead atoms. The Morgan fingerprint density at radius 1 is 0.833 bits per heavy atom. The van der Waals surface area contributed by atoms with Crippen molar-refractivity contribution in [3.05, 3.63) is 60.7 Å². The maximum atomic E-state index is 9.35. The van der Waals surface area contributed by atoms with Gasteiger partial charge in [0.05, 0.1) is 0 Å². The molecule has 5 nitrogen and oxygen atoms in total. The molecular weight excluding hydrogens is 253 g/mol. The van der Waals surface area contributed by atoms with Crippen molar-refractivity contribution in [2.45, 2.75) is 0 Å². The standard InChI is InChI=1S/C12H10.H4NO4P/c1-3-7-11(8-4-1)12-9-5-2-6-10-12;1-5-6(2,3)4/h1-10H;1H2,(H2,2,3,4). The minimum Gasteiger partial charge on any atom is -0.302 e. The zero-order valence-electron chi connectivity index (χ0n) is 9.51. The second kappa shape index (κ2) is 7.06. The van der Waals surface area contributed by atoms with Gasteiger partial charge in [0.2, 0.25) is 0 Å². The first kappa shape index (κ1) is 14.6. The summed E-state index contributed by atoms with van der Waals surface area (Å²) in [4.78, 5) is 15.2. The van der Waals surface area contributed by atoms with Gasteiger partial charge in [-0.05, 0) is 11.1 Å². The van der Waals surface area contributed by atoms with Gasteiger partial charge in [-0.3, -0.25) is 0 Å². The molecule has 2 rings (SSSR count). The molecule has 2 aromatic rings. The van der Waals surface area contributed by atoms with Crippen LogP contribution < -0.4 is 5.90 Å². The minimum atomic E-state index is -4.37. The van der Waals surface area contributed by atoms with Gasteiger partial charge in [-0.2, -0.15) is 0 Å². The zero-order chi connectivity index (χ0) is 13.4. The molecule has 0 atom stereocenters. The molecule has 96 valence electrons. The molecule has 4 N–H and O–H groups in total. The maximum Gasteiger partial charge on any atom is 0.485 e. The Labute approximate surface area is 105 Å². The number of nitrogens with two attached hydrogens (primary N) is 1. The fraction of sp³-hybridized carbons (Fsp3) is 0. The highest BCUT2D eigenvalue weighted by Gasteiger charge is 2.08. The van der Waals surface area contributed by atoms with Crippen LogP contribution in [0.25, 0.3) is 11.1 Å². The molecule has 0 unspecified atom stereocenters. The van der Waals surface area contributed by atoms with Crippen LogP contribution in [0, 0.1) is 0 Å². The van der Waals surface area contributed by atoms with Crippen molar-refractivity contribution in [1.29, 1.82) is 0 Å². The van der Waals surface area contributed by atoms with Gasteiger partial charge in [0.25, 0.3) is 0 Å². The van der Waals surface area contributed by atoms with Gasteiger partial charge in [-0.15, -0.1) is 0 Å². The van der Waals surface area contributed by atoms with Crippen molar-refractivity contribution >= 4 is 7.82 Å². The molecule has 0 amide bonds. The largest absolute Gasteiger partial charge is 0.485 e. The van der Waals surface area contributed by atoms with Crippen molar-refractivity contribution < 1.29 is 19.0 Å². The first-order valence-electron chi connectivity index (χ1n) is 5.07. The quantitative estimate of drug-likeness (QED) is 0.573. The predicted octanol–water partition coefficient (Wildman–Crippen LogP) is 2.32. The summed E-state index contributed by atoms with van der Waals surface area (Å²) in [5, 5.41) is 0. The van der Waals surface area contributed by atoms with E-state index >= 15 is 0 Å². The average molecular weight is 267 g/mol. The van der Waals surface area contributed by atoms with Crippen LogP contribution in [0.15, 0.2) is 60.7 Å². The van der Waals surface area contributed by atoms with Crippen molar-refractivity contribution in [3.8, 4) is 11.1 Å². The van der Waals surface area contributed by atoms with Crippen LogP contribution in [0.4, 0.5) is 0 Å². The van der Waals surface area contributed by atoms with Crippen LogP contribution in [-0.2, 0) is 9.19 Å². The van der Waals surface area contributed by atoms with E-state index in [4.69, 9.17) is 9.79 Å². The van der Waals surface area contributed by atoms with E-state index in [0.717, 1.165) is 0 Å². The van der Waals surface area contributed by atoms with E-state index < -0.39 is 7.82 Å². The summed E-state index contributed by atoms with van der Waals surface area (Å²) in [6.07, 6.45) is 0. The smallest absolute Gasteiger partial charge is 0.302 e. The van der Waals surface area contributed by atoms with Crippen LogP contribution in [0.3, 0.4) is 0 Å². The van der Waals surface area contributed by atoms with Crippen molar-refractivity contribution in [2.24, 2.45) is 5.90 Å². The summed E-state index contributed by atoms with van der Waals surface area (Å²) in [6, 6.07) is 20.8. The van der Waals surface area contributed by atoms with Crippen LogP contribution in [0.2, 0.25) is 0 Å². The van der Waals surface area contributed by atoms with Gasteiger partial charge in [-0.25, -0.2) is 15.1 Å². The normalized spacial score (nSPS) is 10.4. The number of hydrogen-bond donors (Lipinski definition) is 3. The highest BCUT2D eigenvalue weighted by molar-refractivity contribution is 7.46. The van der Waals surface area contributed by atoms with Crippen molar-refractivity contribution in [2.75, 3.05) is 0 Å². The van der Waals surface area contributed by atoms with Gasteiger partial charge in [-0.1, -0.05) is 60.7 Å². The number of benzene rings is 2. The van der Waals surface area contributed by atoms with Crippen LogP contribution >= 0.6 is 7.82 Å². The van der Waals surface area contributed by atoms with E-state index in [1.165, 1.54) is 11.1 Å². The molecule has 2 aromatic carbocycles. The average Bonchev–Trinajstić information content (AvgIpc) is 2.41. The molecule has 0 heterocycles. The third kappa shape index (κ3) is 5.72. The molecule has 18 heavy (non-hydrogen) atoms. The lowest BCUT2D eigenvalue weighted by Gasteiger charge is -1.98. The molecule has 0 aliphatic rings. The molecule has 6 heteroatoms. The first-order chi connectivity index (χ1) is 8.53. The molecule has 0 aromatic heterocycles. The predicted molar refractivity (Wildman–Crippen MR) is 69.2 cm³/mol. The number of rotatable bonds is 2. The summed E-state index contributed by atoms with van der Waals surface area (Å²) in [7, 11) is -4.37. The van der Waals surface area contributed by atoms with Gasteiger partial charge in [0, 0.05) is 0 Å². The third-order valence-electron chi connectivity index (χ3n) is 2.02. The lowest BCUT2D eigenvalue weighted by Crippen LogP contribution is -1.93. The summed E-state index contributed by atoms with van der Waals surface area (Å²) < 4.78 is 12.5. The van der Waals surface area contributed by atoms with Gasteiger partial charge in [0.15, 0.2) is 0 Å². The Morgan fingerprint density at radius 2 is 1.11 bits per heavy atom. The van der Waals surface area contributed by atoms with Gasteiger partial charge in [0.1, 0.15) is 0 Å². The fourth-order valence-corrected chi connectivity index (χ4v) is 1.26. The zero-order valence-corrected chi connectivity index (χ0v) is 10.4. The van der Waals surface area contributed by atoms with E-state index in [2.05, 4.69) is 59.1 Å². The Kier molecular flexibility index (Phi) is 5.71. The van der Waals surface area contributed by atoms with E-state index in [1.54, 1.807) is 0 Å². The Bertz CT molecular complexity index is 461. The lowest BCUT2D eigenvalue weighted by atomic mass is 10.1. The molecule has 0 radical (unpaired) electrons. The van der Waals surface area contributed by atoms with Crippen molar-refractivity contribution in [1.82, 2.24) is 0 Å². The second-order valence-electron chi connectivity index (χ2n) is 3.33. The summed E-state index contributed by atoms with van der Waals surface area (Å²) in [6.45, 7) is 0. The second-order valence-corrected chi connectivity index (χ2v) is 4.52. The van der Waals surface area contributed by atoms with E-state index in [0.29, 0.717) is 0 Å². The van der Waals surface area contributed by atoms with Crippen LogP contribution in [-0.4, -0.2) is 9.79 Å². The van der Waals surface area contributed by atoms with Crippen LogP contribution in [0.5, 0.6) is 0 Å². The fourth-order valence-electron chi connectivity index (χ4n) is 1.26. The van der Waals surface area contributed by atoms with E-state index in [-0.39, 0.29) is 0 Å². The molecule has 0 spiro atoms. The lowest BCUT2D eigenvalue weighted by molar-refractivity contribution is 0.201. The van der Waals surface area contributed by atoms with Gasteiger partial charge >= 0.3 is 7.82 Å². The summed E-state index contributed by atoms with van der Waals surface area (Å²) in [5.41, 5.74) is 2.55. The monoisotopic (exact) mass is 267 g/mol. The SMILES string of the molecule is NOP(=O)(O)O.c1ccc(-c2ccccc2)cc1. The minimum absolute atomic E-state index is 1.28. The Balaban J connectivity index is 0.000000232. The number of hydrogen-bond acceptors (Lipinski definition) is 3. The maximum absolute atomic E-state index is 9.35. The number of phosphoric acid groups is 1. The third-order valence-corrected chi connectivity index (χ3v) is 2.29. The van der Waals surface area contributed by atoms with E-state index in [1.807, 2.05) is 12.1 Å². The van der Waals surface area contributed by atoms with Crippen molar-refractivity contribution in [3.63, 3.8) is 0 Å². The molecule has 0 aliphatic heterocycles. The summed E-state index contributed by atoms with van der Waals surface area (Å²) >= 11 is 0. The molecule has 0 fully saturated rings. The topological polar surface area (TPSA) is 92.8 Å².